The molecule has 1 amide bonds. The van der Waals surface area contributed by atoms with E-state index in [4.69, 9.17) is 23.2 Å². The van der Waals surface area contributed by atoms with E-state index in [1.165, 1.54) is 0 Å². The first-order valence-electron chi connectivity index (χ1n) is 8.94. The van der Waals surface area contributed by atoms with Gasteiger partial charge in [-0.25, -0.2) is 0 Å². The number of carbonyl (C=O) groups is 1. The molecule has 0 aliphatic carbocycles. The number of hydrogen-bond donors (Lipinski definition) is 1. The minimum atomic E-state index is -0.433. The van der Waals surface area contributed by atoms with Crippen LogP contribution in [-0.4, -0.2) is 15.9 Å². The molecule has 0 radical (unpaired) electrons. The minimum Gasteiger partial charge on any atom is -0.503 e. The van der Waals surface area contributed by atoms with E-state index < -0.39 is 11.9 Å². The van der Waals surface area contributed by atoms with Gasteiger partial charge in [0.2, 0.25) is 0 Å². The standard InChI is InChI=1S/C23H16BrCl2NO2/c24-17-3-1-2-16(12-17)21-20(15-6-10-19(26)11-7-15)22(28)23(29)27(21)13-14-4-8-18(25)9-5-14/h1-12,21,28H,13H2. The third-order valence-corrected chi connectivity index (χ3v) is 5.89. The number of hydrogen-bond acceptors (Lipinski definition) is 2. The van der Waals surface area contributed by atoms with Crippen molar-refractivity contribution in [1.29, 1.82) is 0 Å². The Morgan fingerprint density at radius 3 is 2.17 bits per heavy atom. The molecule has 29 heavy (non-hydrogen) atoms. The van der Waals surface area contributed by atoms with Gasteiger partial charge in [0.15, 0.2) is 5.76 Å². The maximum Gasteiger partial charge on any atom is 0.290 e. The molecule has 1 N–H and O–H groups in total. The summed E-state index contributed by atoms with van der Waals surface area (Å²) in [7, 11) is 0. The van der Waals surface area contributed by atoms with Gasteiger partial charge in [-0.15, -0.1) is 0 Å². The zero-order valence-corrected chi connectivity index (χ0v) is 18.2. The molecule has 0 spiro atoms. The fraction of sp³-hybridized carbons (Fsp3) is 0.0870. The maximum absolute atomic E-state index is 13.1. The Morgan fingerprint density at radius 2 is 1.55 bits per heavy atom. The van der Waals surface area contributed by atoms with E-state index in [1.54, 1.807) is 29.2 Å². The van der Waals surface area contributed by atoms with Gasteiger partial charge in [0.25, 0.3) is 5.91 Å². The van der Waals surface area contributed by atoms with Gasteiger partial charge in [-0.1, -0.05) is 75.5 Å². The van der Waals surface area contributed by atoms with Crippen LogP contribution in [0.3, 0.4) is 0 Å². The van der Waals surface area contributed by atoms with Crippen LogP contribution in [0.15, 0.2) is 83.0 Å². The fourth-order valence-electron chi connectivity index (χ4n) is 3.55. The highest BCUT2D eigenvalue weighted by molar-refractivity contribution is 9.10. The average molecular weight is 489 g/mol. The minimum absolute atomic E-state index is 0.244. The lowest BCUT2D eigenvalue weighted by Crippen LogP contribution is -2.29. The number of aliphatic hydroxyl groups is 1. The lowest BCUT2D eigenvalue weighted by atomic mass is 9.93. The van der Waals surface area contributed by atoms with Gasteiger partial charge in [-0.05, 0) is 53.1 Å². The predicted molar refractivity (Wildman–Crippen MR) is 120 cm³/mol. The smallest absolute Gasteiger partial charge is 0.290 e. The summed E-state index contributed by atoms with van der Waals surface area (Å²) in [4.78, 5) is 14.7. The second-order valence-corrected chi connectivity index (χ2v) is 8.57. The normalized spacial score (nSPS) is 16.6. The first-order valence-corrected chi connectivity index (χ1v) is 10.5. The lowest BCUT2D eigenvalue weighted by Gasteiger charge is -2.27. The average Bonchev–Trinajstić information content (AvgIpc) is 2.95. The number of amides is 1. The second-order valence-electron chi connectivity index (χ2n) is 6.79. The highest BCUT2D eigenvalue weighted by Gasteiger charge is 2.41. The number of aliphatic hydroxyl groups excluding tert-OH is 1. The summed E-state index contributed by atoms with van der Waals surface area (Å²) in [6.45, 7) is 0.342. The SMILES string of the molecule is O=C1C(O)=C(c2ccc(Cl)cc2)C(c2cccc(Br)c2)N1Cc1ccc(Cl)cc1. The molecule has 0 aromatic heterocycles. The van der Waals surface area contributed by atoms with Gasteiger partial charge in [0, 0.05) is 26.6 Å². The van der Waals surface area contributed by atoms with Gasteiger partial charge in [-0.2, -0.15) is 0 Å². The Labute approximate surface area is 187 Å². The highest BCUT2D eigenvalue weighted by Crippen LogP contribution is 2.44. The van der Waals surface area contributed by atoms with Crippen LogP contribution in [0.5, 0.6) is 0 Å². The summed E-state index contributed by atoms with van der Waals surface area (Å²) in [6, 6.07) is 21.8. The summed E-state index contributed by atoms with van der Waals surface area (Å²) in [5, 5.41) is 12.0. The molecule has 4 rings (SSSR count). The molecule has 0 saturated carbocycles. The van der Waals surface area contributed by atoms with Crippen molar-refractivity contribution in [3.8, 4) is 0 Å². The third-order valence-electron chi connectivity index (χ3n) is 4.89. The molecule has 0 saturated heterocycles. The fourth-order valence-corrected chi connectivity index (χ4v) is 4.22. The summed E-state index contributed by atoms with van der Waals surface area (Å²) < 4.78 is 0.899. The van der Waals surface area contributed by atoms with Gasteiger partial charge in [-0.3, -0.25) is 4.79 Å². The van der Waals surface area contributed by atoms with Crippen LogP contribution in [0.2, 0.25) is 10.0 Å². The molecule has 0 fully saturated rings. The van der Waals surface area contributed by atoms with Crippen LogP contribution in [0, 0.1) is 0 Å². The molecular weight excluding hydrogens is 473 g/mol. The van der Waals surface area contributed by atoms with E-state index in [2.05, 4.69) is 15.9 Å². The van der Waals surface area contributed by atoms with Crippen LogP contribution in [-0.2, 0) is 11.3 Å². The highest BCUT2D eigenvalue weighted by atomic mass is 79.9. The Balaban J connectivity index is 1.81. The van der Waals surface area contributed by atoms with Crippen LogP contribution in [0.4, 0.5) is 0 Å². The Morgan fingerprint density at radius 1 is 0.931 bits per heavy atom. The van der Waals surface area contributed by atoms with Crippen molar-refractivity contribution in [1.82, 2.24) is 4.90 Å². The first kappa shape index (κ1) is 20.0. The predicted octanol–water partition coefficient (Wildman–Crippen LogP) is 6.81. The van der Waals surface area contributed by atoms with E-state index in [0.717, 1.165) is 21.2 Å². The summed E-state index contributed by atoms with van der Waals surface area (Å²) in [5.74, 6) is -0.652. The third kappa shape index (κ3) is 4.06. The summed E-state index contributed by atoms with van der Waals surface area (Å²) in [5.41, 5.74) is 3.14. The Hall–Kier alpha value is -2.27. The van der Waals surface area contributed by atoms with Crippen molar-refractivity contribution in [2.24, 2.45) is 0 Å². The molecule has 0 bridgehead atoms. The number of rotatable bonds is 4. The second kappa shape index (κ2) is 8.23. The molecule has 3 aromatic rings. The molecule has 146 valence electrons. The molecule has 1 aliphatic rings. The van der Waals surface area contributed by atoms with E-state index in [9.17, 15) is 9.90 Å². The van der Waals surface area contributed by atoms with Crippen molar-refractivity contribution in [3.05, 3.63) is 110 Å². The number of nitrogens with zero attached hydrogens (tertiary/aromatic N) is 1. The molecule has 3 nitrogen and oxygen atoms in total. The lowest BCUT2D eigenvalue weighted by molar-refractivity contribution is -0.130. The van der Waals surface area contributed by atoms with Crippen molar-refractivity contribution < 1.29 is 9.90 Å². The van der Waals surface area contributed by atoms with Crippen LogP contribution in [0.1, 0.15) is 22.7 Å². The largest absolute Gasteiger partial charge is 0.503 e. The molecule has 1 aliphatic heterocycles. The van der Waals surface area contributed by atoms with Crippen LogP contribution in [0.25, 0.3) is 5.57 Å². The quantitative estimate of drug-likeness (QED) is 0.438. The Bertz CT molecular complexity index is 1090. The first-order chi connectivity index (χ1) is 13.9. The number of carbonyl (C=O) groups excluding carboxylic acids is 1. The summed E-state index contributed by atoms with van der Waals surface area (Å²) in [6.07, 6.45) is 0. The van der Waals surface area contributed by atoms with E-state index >= 15 is 0 Å². The van der Waals surface area contributed by atoms with E-state index in [-0.39, 0.29) is 5.76 Å². The van der Waals surface area contributed by atoms with Gasteiger partial charge in [0.05, 0.1) is 6.04 Å². The molecule has 6 heteroatoms. The van der Waals surface area contributed by atoms with Crippen LogP contribution < -0.4 is 0 Å². The van der Waals surface area contributed by atoms with Gasteiger partial charge in [0.1, 0.15) is 0 Å². The van der Waals surface area contributed by atoms with Crippen molar-refractivity contribution in [3.63, 3.8) is 0 Å². The Kier molecular flexibility index (Phi) is 5.68. The van der Waals surface area contributed by atoms with Gasteiger partial charge < -0.3 is 10.0 Å². The van der Waals surface area contributed by atoms with Crippen LogP contribution >= 0.6 is 39.1 Å². The molecular formula is C23H16BrCl2NO2. The molecule has 3 aromatic carbocycles. The zero-order valence-electron chi connectivity index (χ0n) is 15.1. The van der Waals surface area contributed by atoms with E-state index in [0.29, 0.717) is 22.2 Å². The van der Waals surface area contributed by atoms with E-state index in [1.807, 2.05) is 48.5 Å². The molecule has 1 atom stereocenters. The summed E-state index contributed by atoms with van der Waals surface area (Å²) >= 11 is 15.5. The molecule has 1 heterocycles. The van der Waals surface area contributed by atoms with Crippen molar-refractivity contribution in [2.45, 2.75) is 12.6 Å². The molecule has 1 unspecified atom stereocenters. The monoisotopic (exact) mass is 487 g/mol. The zero-order chi connectivity index (χ0) is 20.5. The van der Waals surface area contributed by atoms with Crippen molar-refractivity contribution in [2.75, 3.05) is 0 Å². The maximum atomic E-state index is 13.1. The van der Waals surface area contributed by atoms with Crippen molar-refractivity contribution >= 4 is 50.6 Å². The van der Waals surface area contributed by atoms with Gasteiger partial charge >= 0.3 is 0 Å². The number of benzene rings is 3. The number of halogens is 3. The topological polar surface area (TPSA) is 40.5 Å².